The van der Waals surface area contributed by atoms with E-state index in [-0.39, 0.29) is 11.5 Å². The lowest BCUT2D eigenvalue weighted by molar-refractivity contribution is -0.112. The fourth-order valence-corrected chi connectivity index (χ4v) is 3.90. The van der Waals surface area contributed by atoms with Crippen LogP contribution in [0.15, 0.2) is 35.9 Å². The average molecular weight is 347 g/mol. The molecule has 0 unspecified atom stereocenters. The minimum absolute atomic E-state index is 0.123. The number of nitrogens with one attached hydrogen (secondary N) is 1. The highest BCUT2D eigenvalue weighted by Crippen LogP contribution is 2.33. The number of nitrogens with zero attached hydrogens (tertiary/aromatic N) is 2. The van der Waals surface area contributed by atoms with Gasteiger partial charge in [-0.3, -0.25) is 4.79 Å². The van der Waals surface area contributed by atoms with Gasteiger partial charge in [0.2, 0.25) is 0 Å². The summed E-state index contributed by atoms with van der Waals surface area (Å²) in [6.45, 7) is 6.14. The number of anilines is 1. The van der Waals surface area contributed by atoms with Crippen molar-refractivity contribution in [2.24, 2.45) is 0 Å². The number of aryl methyl sites for hydroxylation is 2. The zero-order valence-corrected chi connectivity index (χ0v) is 15.7. The van der Waals surface area contributed by atoms with E-state index in [1.807, 2.05) is 31.2 Å². The van der Waals surface area contributed by atoms with E-state index >= 15 is 0 Å². The Bertz CT molecular complexity index is 893. The van der Waals surface area contributed by atoms with Crippen molar-refractivity contribution in [1.82, 2.24) is 4.57 Å². The Morgan fingerprint density at radius 3 is 2.62 bits per heavy atom. The number of carbonyl (C=O) groups excluding carboxylic acids is 1. The van der Waals surface area contributed by atoms with Crippen LogP contribution in [0.5, 0.6) is 0 Å². The molecule has 4 heteroatoms. The van der Waals surface area contributed by atoms with Gasteiger partial charge in [-0.2, -0.15) is 5.26 Å². The summed E-state index contributed by atoms with van der Waals surface area (Å²) >= 11 is 0. The van der Waals surface area contributed by atoms with Crippen molar-refractivity contribution in [2.45, 2.75) is 52.5 Å². The van der Waals surface area contributed by atoms with E-state index in [1.165, 1.54) is 31.4 Å². The Balaban J connectivity index is 1.86. The van der Waals surface area contributed by atoms with E-state index < -0.39 is 0 Å². The summed E-state index contributed by atoms with van der Waals surface area (Å²) in [4.78, 5) is 12.5. The predicted octanol–water partition coefficient (Wildman–Crippen LogP) is 5.07. The first-order valence-corrected chi connectivity index (χ1v) is 9.18. The van der Waals surface area contributed by atoms with Crippen LogP contribution in [0.1, 0.15) is 54.2 Å². The number of hydrogen-bond donors (Lipinski definition) is 1. The largest absolute Gasteiger partial charge is 0.346 e. The van der Waals surface area contributed by atoms with Crippen LogP contribution >= 0.6 is 0 Å². The molecule has 0 atom stereocenters. The molecule has 26 heavy (non-hydrogen) atoms. The van der Waals surface area contributed by atoms with Crippen molar-refractivity contribution in [3.8, 4) is 6.07 Å². The van der Waals surface area contributed by atoms with Crippen molar-refractivity contribution in [1.29, 1.82) is 5.26 Å². The van der Waals surface area contributed by atoms with E-state index in [2.05, 4.69) is 35.9 Å². The molecule has 4 nitrogen and oxygen atoms in total. The van der Waals surface area contributed by atoms with Crippen LogP contribution in [-0.4, -0.2) is 10.5 Å². The smallest absolute Gasteiger partial charge is 0.266 e. The zero-order valence-electron chi connectivity index (χ0n) is 15.7. The minimum Gasteiger partial charge on any atom is -0.346 e. The van der Waals surface area contributed by atoms with Gasteiger partial charge in [0.15, 0.2) is 0 Å². The summed E-state index contributed by atoms with van der Waals surface area (Å²) in [5.41, 5.74) is 5.16. The molecular formula is C22H25N3O. The standard InChI is InChI=1S/C22H25N3O/c1-15-7-6-8-20(11-15)24-22(26)19(14-23)13-18-12-16(2)25(17(18)3)21-9-4-5-10-21/h6-8,11-13,21H,4-5,9-10H2,1-3H3,(H,24,26)/b19-13-. The van der Waals surface area contributed by atoms with Crippen LogP contribution in [-0.2, 0) is 4.79 Å². The molecule has 0 radical (unpaired) electrons. The first-order valence-electron chi connectivity index (χ1n) is 9.18. The molecule has 1 aromatic heterocycles. The maximum atomic E-state index is 12.5. The molecular weight excluding hydrogens is 322 g/mol. The van der Waals surface area contributed by atoms with E-state index in [0.29, 0.717) is 11.7 Å². The van der Waals surface area contributed by atoms with Crippen molar-refractivity contribution in [3.05, 3.63) is 58.4 Å². The van der Waals surface area contributed by atoms with Gasteiger partial charge in [-0.1, -0.05) is 25.0 Å². The normalized spacial score (nSPS) is 15.1. The minimum atomic E-state index is -0.372. The lowest BCUT2D eigenvalue weighted by Gasteiger charge is -2.17. The van der Waals surface area contributed by atoms with Gasteiger partial charge >= 0.3 is 0 Å². The van der Waals surface area contributed by atoms with E-state index in [4.69, 9.17) is 0 Å². The van der Waals surface area contributed by atoms with Gasteiger partial charge in [0.05, 0.1) is 0 Å². The van der Waals surface area contributed by atoms with E-state index in [1.54, 1.807) is 6.08 Å². The monoisotopic (exact) mass is 347 g/mol. The third-order valence-electron chi connectivity index (χ3n) is 5.15. The van der Waals surface area contributed by atoms with Gasteiger partial charge in [0, 0.05) is 23.1 Å². The van der Waals surface area contributed by atoms with Crippen molar-refractivity contribution in [2.75, 3.05) is 5.32 Å². The van der Waals surface area contributed by atoms with Gasteiger partial charge in [0.25, 0.3) is 5.91 Å². The van der Waals surface area contributed by atoms with Crippen LogP contribution in [0, 0.1) is 32.1 Å². The first kappa shape index (κ1) is 18.0. The van der Waals surface area contributed by atoms with Crippen molar-refractivity contribution in [3.63, 3.8) is 0 Å². The summed E-state index contributed by atoms with van der Waals surface area (Å²) in [7, 11) is 0. The van der Waals surface area contributed by atoms with Gasteiger partial charge in [-0.15, -0.1) is 0 Å². The molecule has 1 aliphatic carbocycles. The number of hydrogen-bond acceptors (Lipinski definition) is 2. The molecule has 0 bridgehead atoms. The van der Waals surface area contributed by atoms with Gasteiger partial charge < -0.3 is 9.88 Å². The molecule has 2 aromatic rings. The van der Waals surface area contributed by atoms with Gasteiger partial charge in [-0.05, 0) is 69.0 Å². The summed E-state index contributed by atoms with van der Waals surface area (Å²) in [6.07, 6.45) is 6.67. The topological polar surface area (TPSA) is 57.8 Å². The number of aromatic nitrogens is 1. The van der Waals surface area contributed by atoms with Crippen molar-refractivity contribution >= 4 is 17.7 Å². The SMILES string of the molecule is Cc1cccc(NC(=O)/C(C#N)=C\c2cc(C)n(C3CCCC3)c2C)c1. The highest BCUT2D eigenvalue weighted by molar-refractivity contribution is 6.09. The Morgan fingerprint density at radius 1 is 1.23 bits per heavy atom. The molecule has 1 aromatic carbocycles. The lowest BCUT2D eigenvalue weighted by Crippen LogP contribution is -2.13. The van der Waals surface area contributed by atoms with Crippen LogP contribution in [0.3, 0.4) is 0 Å². The lowest BCUT2D eigenvalue weighted by atomic mass is 10.1. The number of rotatable bonds is 4. The van der Waals surface area contributed by atoms with Crippen LogP contribution in [0.25, 0.3) is 6.08 Å². The molecule has 134 valence electrons. The molecule has 1 heterocycles. The third-order valence-corrected chi connectivity index (χ3v) is 5.15. The van der Waals surface area contributed by atoms with Crippen LogP contribution < -0.4 is 5.32 Å². The summed E-state index contributed by atoms with van der Waals surface area (Å²) in [6, 6.07) is 12.2. The average Bonchev–Trinajstić information content (AvgIpc) is 3.20. The molecule has 1 aliphatic rings. The fourth-order valence-electron chi connectivity index (χ4n) is 3.90. The molecule has 0 spiro atoms. The summed E-state index contributed by atoms with van der Waals surface area (Å²) in [5, 5.41) is 12.3. The predicted molar refractivity (Wildman–Crippen MR) is 105 cm³/mol. The second-order valence-electron chi connectivity index (χ2n) is 7.13. The van der Waals surface area contributed by atoms with Crippen LogP contribution in [0.4, 0.5) is 5.69 Å². The van der Waals surface area contributed by atoms with E-state index in [0.717, 1.165) is 16.8 Å². The first-order chi connectivity index (χ1) is 12.5. The zero-order chi connectivity index (χ0) is 18.7. The highest BCUT2D eigenvalue weighted by Gasteiger charge is 2.21. The second-order valence-corrected chi connectivity index (χ2v) is 7.13. The molecule has 1 amide bonds. The molecule has 0 saturated heterocycles. The van der Waals surface area contributed by atoms with Crippen molar-refractivity contribution < 1.29 is 4.79 Å². The summed E-state index contributed by atoms with van der Waals surface area (Å²) < 4.78 is 2.37. The quantitative estimate of drug-likeness (QED) is 0.620. The van der Waals surface area contributed by atoms with Gasteiger partial charge in [-0.25, -0.2) is 0 Å². The number of carbonyl (C=O) groups is 1. The molecule has 3 rings (SSSR count). The maximum absolute atomic E-state index is 12.5. The summed E-state index contributed by atoms with van der Waals surface area (Å²) in [5.74, 6) is -0.372. The number of benzene rings is 1. The second kappa shape index (κ2) is 7.61. The Kier molecular flexibility index (Phi) is 5.27. The van der Waals surface area contributed by atoms with Gasteiger partial charge in [0.1, 0.15) is 11.6 Å². The Hall–Kier alpha value is -2.80. The molecule has 1 N–H and O–H groups in total. The number of amides is 1. The fraction of sp³-hybridized carbons (Fsp3) is 0.364. The van der Waals surface area contributed by atoms with Crippen LogP contribution in [0.2, 0.25) is 0 Å². The Labute approximate surface area is 155 Å². The molecule has 1 fully saturated rings. The highest BCUT2D eigenvalue weighted by atomic mass is 16.1. The maximum Gasteiger partial charge on any atom is 0.266 e. The van der Waals surface area contributed by atoms with E-state index in [9.17, 15) is 10.1 Å². The molecule has 1 saturated carbocycles. The third kappa shape index (κ3) is 3.72. The molecule has 0 aliphatic heterocycles. The number of nitriles is 1. The Morgan fingerprint density at radius 2 is 1.96 bits per heavy atom.